The van der Waals surface area contributed by atoms with E-state index in [9.17, 15) is 4.79 Å². The van der Waals surface area contributed by atoms with Gasteiger partial charge in [0.25, 0.3) is 0 Å². The second-order valence-electron chi connectivity index (χ2n) is 8.04. The fourth-order valence-electron chi connectivity index (χ4n) is 4.27. The van der Waals surface area contributed by atoms with Crippen molar-refractivity contribution < 1.29 is 27.8 Å². The highest BCUT2D eigenvalue weighted by Crippen LogP contribution is 2.37. The topological polar surface area (TPSA) is 157 Å². The summed E-state index contributed by atoms with van der Waals surface area (Å²) in [5.41, 5.74) is 4.48. The summed E-state index contributed by atoms with van der Waals surface area (Å²) in [6.07, 6.45) is 1.70. The minimum Gasteiger partial charge on any atom is -0.726 e. The minimum absolute atomic E-state index is 0. The molecule has 0 aliphatic carbocycles. The zero-order chi connectivity index (χ0) is 23.6. The fourth-order valence-corrected chi connectivity index (χ4v) is 5.48. The van der Waals surface area contributed by atoms with E-state index in [2.05, 4.69) is 50.2 Å². The van der Waals surface area contributed by atoms with Gasteiger partial charge in [-0.3, -0.25) is 14.2 Å². The third kappa shape index (κ3) is 6.90. The molecule has 0 aromatic heterocycles. The van der Waals surface area contributed by atoms with E-state index in [-0.39, 0.29) is 11.4 Å². The largest absolute Gasteiger partial charge is 0.726 e. The molecule has 13 heteroatoms. The molecule has 2 aromatic carbocycles. The normalized spacial score (nSPS) is 20.0. The number of anilines is 1. The summed E-state index contributed by atoms with van der Waals surface area (Å²) in [5, 5.41) is 3.62. The smallest absolute Gasteiger partial charge is 0.228 e. The van der Waals surface area contributed by atoms with Gasteiger partial charge in [0.2, 0.25) is 16.3 Å². The second kappa shape index (κ2) is 11.3. The van der Waals surface area contributed by atoms with E-state index < -0.39 is 10.4 Å². The maximum Gasteiger partial charge on any atom is 0.228 e. The zero-order valence-corrected chi connectivity index (χ0v) is 20.5. The highest BCUT2D eigenvalue weighted by atomic mass is 35.5. The zero-order valence-electron chi connectivity index (χ0n) is 18.2. The van der Waals surface area contributed by atoms with Gasteiger partial charge in [0, 0.05) is 48.3 Å². The maximum atomic E-state index is 11.6. The van der Waals surface area contributed by atoms with Crippen LogP contribution < -0.4 is 10.0 Å². The minimum atomic E-state index is -4.92. The van der Waals surface area contributed by atoms with Crippen LogP contribution in [0.4, 0.5) is 5.69 Å². The number of amides is 1. The molecule has 5 rings (SSSR count). The van der Waals surface area contributed by atoms with E-state index >= 15 is 0 Å². The Hall–Kier alpha value is -1.74. The number of nitrogens with one attached hydrogen (secondary N) is 2. The molecule has 1 fully saturated rings. The van der Waals surface area contributed by atoms with Crippen LogP contribution in [-0.2, 0) is 28.0 Å². The Morgan fingerprint density at radius 1 is 1.18 bits per heavy atom. The lowest BCUT2D eigenvalue weighted by Gasteiger charge is -2.38. The number of carbonyl (C=O) groups is 1. The average Bonchev–Trinajstić information content (AvgIpc) is 3.33. The molecule has 2 aromatic rings. The first-order chi connectivity index (χ1) is 15.7. The van der Waals surface area contributed by atoms with E-state index in [1.54, 1.807) is 11.9 Å². The molecule has 0 bridgehead atoms. The van der Waals surface area contributed by atoms with Gasteiger partial charge in [-0.05, 0) is 47.2 Å². The van der Waals surface area contributed by atoms with Gasteiger partial charge in [-0.1, -0.05) is 35.9 Å². The molecule has 186 valence electrons. The quantitative estimate of drug-likeness (QED) is 0.303. The van der Waals surface area contributed by atoms with Crippen molar-refractivity contribution in [3.63, 3.8) is 0 Å². The molecular weight excluding hydrogens is 504 g/mol. The summed E-state index contributed by atoms with van der Waals surface area (Å²) >= 11 is 8.18. The van der Waals surface area contributed by atoms with Crippen molar-refractivity contribution in [2.24, 2.45) is 0 Å². The van der Waals surface area contributed by atoms with Gasteiger partial charge in [0.05, 0.1) is 12.6 Å². The Labute approximate surface area is 207 Å². The molecule has 0 saturated carbocycles. The van der Waals surface area contributed by atoms with E-state index in [0.29, 0.717) is 12.6 Å². The third-order valence-corrected chi connectivity index (χ3v) is 7.15. The van der Waals surface area contributed by atoms with Crippen molar-refractivity contribution >= 4 is 45.5 Å². The lowest BCUT2D eigenvalue weighted by Crippen LogP contribution is -2.49. The summed E-state index contributed by atoms with van der Waals surface area (Å²) in [5.74, 6) is 0.0552. The van der Waals surface area contributed by atoms with Gasteiger partial charge < -0.3 is 20.2 Å². The number of hydrogen-bond donors (Lipinski definition) is 3. The van der Waals surface area contributed by atoms with Crippen molar-refractivity contribution in [1.82, 2.24) is 14.5 Å². The predicted molar refractivity (Wildman–Crippen MR) is 130 cm³/mol. The summed E-state index contributed by atoms with van der Waals surface area (Å²) in [4.78, 5) is 18.0. The lowest BCUT2D eigenvalue weighted by atomic mass is 10.1. The van der Waals surface area contributed by atoms with Crippen molar-refractivity contribution in [1.29, 1.82) is 0 Å². The van der Waals surface area contributed by atoms with Gasteiger partial charge in [0.15, 0.2) is 0 Å². The Balaban J connectivity index is 0.000000492. The number of benzene rings is 2. The van der Waals surface area contributed by atoms with Crippen molar-refractivity contribution in [3.05, 3.63) is 58.1 Å². The number of nitrogens with zero attached hydrogens (tertiary/aromatic N) is 2. The molecule has 10 nitrogen and oxygen atoms in total. The van der Waals surface area contributed by atoms with Crippen LogP contribution in [0.25, 0.3) is 0 Å². The number of piperazine rings is 1. The number of carbonyl (C=O) groups excluding carboxylic acids is 1. The summed E-state index contributed by atoms with van der Waals surface area (Å²) < 4.78 is 36.4. The van der Waals surface area contributed by atoms with Crippen LogP contribution in [0, 0.1) is 0 Å². The third-order valence-electron chi connectivity index (χ3n) is 5.86. The highest BCUT2D eigenvalue weighted by Gasteiger charge is 2.30. The van der Waals surface area contributed by atoms with E-state index in [0.717, 1.165) is 61.0 Å². The predicted octanol–water partition coefficient (Wildman–Crippen LogP) is 1.48. The fraction of sp³-hybridized carbons (Fsp3) is 0.381. The number of hydrogen-bond acceptors (Lipinski definition) is 8. The summed E-state index contributed by atoms with van der Waals surface area (Å²) in [6, 6.07) is 12.6. The SMILES string of the molecule is O.O=C1Cc2cc(CCN3CCN(C4NSc5ccccc54)CC3)c(Cl)cc2N1.O=S(=O)([O-])O. The lowest BCUT2D eigenvalue weighted by molar-refractivity contribution is -0.115. The molecule has 3 aliphatic heterocycles. The highest BCUT2D eigenvalue weighted by molar-refractivity contribution is 7.97. The molecule has 0 spiro atoms. The standard InChI is InChI=1S/C21H23ClN4OS.H2O4S.H2O/c22-17-13-18-15(12-20(27)23-18)11-14(17)5-6-25-7-9-26(10-8-25)21-16-3-1-2-4-19(16)28-24-21;1-5(2,3)4;/h1-4,11,13,21,24H,5-10,12H2,(H,23,27);(H2,1,2,3,4);1H2/p-1. The van der Waals surface area contributed by atoms with Gasteiger partial charge in [-0.15, -0.1) is 0 Å². The van der Waals surface area contributed by atoms with Gasteiger partial charge in [-0.2, -0.15) is 0 Å². The maximum absolute atomic E-state index is 11.6. The molecule has 5 N–H and O–H groups in total. The Kier molecular flexibility index (Phi) is 8.95. The van der Waals surface area contributed by atoms with Crippen molar-refractivity contribution in [2.45, 2.75) is 23.9 Å². The average molecular weight is 530 g/mol. The van der Waals surface area contributed by atoms with Crippen molar-refractivity contribution in [2.75, 3.05) is 38.0 Å². The molecule has 3 aliphatic rings. The second-order valence-corrected chi connectivity index (χ2v) is 10.2. The van der Waals surface area contributed by atoms with Crippen LogP contribution in [0.5, 0.6) is 0 Å². The first-order valence-electron chi connectivity index (χ1n) is 10.4. The molecule has 1 unspecified atom stereocenters. The van der Waals surface area contributed by atoms with Gasteiger partial charge >= 0.3 is 0 Å². The molecule has 34 heavy (non-hydrogen) atoms. The first-order valence-corrected chi connectivity index (χ1v) is 13.0. The molecular formula is C21H26ClN4O6S2-. The van der Waals surface area contributed by atoms with E-state index in [1.807, 2.05) is 6.07 Å². The van der Waals surface area contributed by atoms with Crippen LogP contribution in [0.15, 0.2) is 41.3 Å². The van der Waals surface area contributed by atoms with Gasteiger partial charge in [-0.25, -0.2) is 13.1 Å². The van der Waals surface area contributed by atoms with E-state index in [1.165, 1.54) is 10.5 Å². The molecule has 1 amide bonds. The monoisotopic (exact) mass is 529 g/mol. The number of fused-ring (bicyclic) bond motifs is 2. The number of halogens is 1. The summed E-state index contributed by atoms with van der Waals surface area (Å²) in [6.45, 7) is 5.24. The van der Waals surface area contributed by atoms with E-state index in [4.69, 9.17) is 29.1 Å². The summed E-state index contributed by atoms with van der Waals surface area (Å²) in [7, 11) is -4.92. The number of rotatable bonds is 4. The van der Waals surface area contributed by atoms with Crippen LogP contribution in [0.3, 0.4) is 0 Å². The Bertz CT molecular complexity index is 1130. The Morgan fingerprint density at radius 3 is 2.56 bits per heavy atom. The molecule has 0 radical (unpaired) electrons. The molecule has 1 saturated heterocycles. The first kappa shape index (κ1) is 26.9. The van der Waals surface area contributed by atoms with Crippen molar-refractivity contribution in [3.8, 4) is 0 Å². The van der Waals surface area contributed by atoms with Crippen LogP contribution >= 0.6 is 23.5 Å². The molecule has 1 atom stereocenters. The Morgan fingerprint density at radius 2 is 1.85 bits per heavy atom. The van der Waals surface area contributed by atoms with Crippen LogP contribution in [-0.4, -0.2) is 71.4 Å². The molecule has 3 heterocycles. The van der Waals surface area contributed by atoms with Crippen LogP contribution in [0.2, 0.25) is 5.02 Å². The van der Waals surface area contributed by atoms with Gasteiger partial charge in [0.1, 0.15) is 0 Å². The van der Waals surface area contributed by atoms with Crippen LogP contribution in [0.1, 0.15) is 22.9 Å².